The molecule has 2 N–H and O–H groups in total. The van der Waals surface area contributed by atoms with E-state index in [1.165, 1.54) is 6.21 Å². The number of rotatable bonds is 4. The van der Waals surface area contributed by atoms with Gasteiger partial charge >= 0.3 is 10.8 Å². The van der Waals surface area contributed by atoms with Gasteiger partial charge in [0.15, 0.2) is 0 Å². The number of aliphatic carboxylic acids is 1. The summed E-state index contributed by atoms with van der Waals surface area (Å²) in [4.78, 5) is 22.3. The van der Waals surface area contributed by atoms with Crippen LogP contribution >= 0.6 is 11.3 Å². The summed E-state index contributed by atoms with van der Waals surface area (Å²) in [6, 6.07) is 9.37. The average molecular weight is 329 g/mol. The van der Waals surface area contributed by atoms with Crippen LogP contribution in [0.5, 0.6) is 5.88 Å². The van der Waals surface area contributed by atoms with E-state index < -0.39 is 17.4 Å². The number of aromatic nitrogens is 1. The predicted molar refractivity (Wildman–Crippen MR) is 87.3 cm³/mol. The van der Waals surface area contributed by atoms with Gasteiger partial charge in [-0.3, -0.25) is 14.2 Å². The standard InChI is InChI=1S/C15H11N3O4S/c19-12(20)8-18-14(21)11(23-15(18)22)6-10-7-16-17-13(10)9-4-2-1-3-5-9/h1-7,21H,8H2,(H,19,20). The Morgan fingerprint density at radius 1 is 1.30 bits per heavy atom. The lowest BCUT2D eigenvalue weighted by Crippen LogP contribution is -2.18. The van der Waals surface area contributed by atoms with E-state index >= 15 is 0 Å². The first-order valence-electron chi connectivity index (χ1n) is 6.59. The van der Waals surface area contributed by atoms with E-state index in [0.717, 1.165) is 21.5 Å². The lowest BCUT2D eigenvalue weighted by atomic mass is 10.0. The number of nitrogens with zero attached hydrogens (tertiary/aromatic N) is 3. The van der Waals surface area contributed by atoms with E-state index in [1.807, 2.05) is 30.3 Å². The van der Waals surface area contributed by atoms with Crippen LogP contribution in [-0.4, -0.2) is 32.7 Å². The van der Waals surface area contributed by atoms with Crippen LogP contribution in [0.2, 0.25) is 0 Å². The van der Waals surface area contributed by atoms with Gasteiger partial charge in [-0.05, 0) is 6.08 Å². The van der Waals surface area contributed by atoms with Gasteiger partial charge < -0.3 is 10.2 Å². The summed E-state index contributed by atoms with van der Waals surface area (Å²) in [5.74, 6) is -1.57. The van der Waals surface area contributed by atoms with E-state index in [-0.39, 0.29) is 10.8 Å². The number of hydrogen-bond donors (Lipinski definition) is 2. The molecular formula is C15H11N3O4S. The second-order valence-corrected chi connectivity index (χ2v) is 5.69. The first-order valence-corrected chi connectivity index (χ1v) is 7.41. The molecule has 8 heteroatoms. The highest BCUT2D eigenvalue weighted by molar-refractivity contribution is 7.10. The van der Waals surface area contributed by atoms with Crippen molar-refractivity contribution in [3.8, 4) is 5.88 Å². The molecule has 1 aliphatic rings. The molecule has 116 valence electrons. The average Bonchev–Trinajstić information content (AvgIpc) is 3.09. The molecule has 1 aromatic carbocycles. The minimum absolute atomic E-state index is 0.267. The van der Waals surface area contributed by atoms with Gasteiger partial charge in [0.25, 0.3) is 0 Å². The minimum Gasteiger partial charge on any atom is -0.493 e. The van der Waals surface area contributed by atoms with Crippen LogP contribution in [0.15, 0.2) is 50.9 Å². The Morgan fingerprint density at radius 3 is 2.74 bits per heavy atom. The van der Waals surface area contributed by atoms with Crippen molar-refractivity contribution in [3.63, 3.8) is 0 Å². The van der Waals surface area contributed by atoms with Crippen molar-refractivity contribution in [1.82, 2.24) is 4.57 Å². The van der Waals surface area contributed by atoms with Gasteiger partial charge in [-0.25, -0.2) is 0 Å². The Balaban J connectivity index is 1.99. The monoisotopic (exact) mass is 329 g/mol. The zero-order valence-corrected chi connectivity index (χ0v) is 12.5. The summed E-state index contributed by atoms with van der Waals surface area (Å²) in [5, 5.41) is 26.8. The Labute approximate surface area is 134 Å². The highest BCUT2D eigenvalue weighted by Gasteiger charge is 2.18. The molecule has 7 nitrogen and oxygen atoms in total. The van der Waals surface area contributed by atoms with E-state index in [0.29, 0.717) is 11.3 Å². The highest BCUT2D eigenvalue weighted by atomic mass is 32.1. The molecule has 0 radical (unpaired) electrons. The molecule has 0 saturated heterocycles. The van der Waals surface area contributed by atoms with Gasteiger partial charge in [0, 0.05) is 11.1 Å². The van der Waals surface area contributed by atoms with Gasteiger partial charge in [0.1, 0.15) is 12.3 Å². The number of carboxylic acid groups (broad SMARTS) is 1. The summed E-state index contributed by atoms with van der Waals surface area (Å²) < 4.78 is 0.810. The summed E-state index contributed by atoms with van der Waals surface area (Å²) in [5.41, 5.74) is 2.11. The van der Waals surface area contributed by atoms with Crippen LogP contribution in [0.1, 0.15) is 10.4 Å². The Bertz CT molecular complexity index is 907. The van der Waals surface area contributed by atoms with Crippen LogP contribution in [0.4, 0.5) is 0 Å². The second kappa shape index (κ2) is 6.01. The molecule has 2 heterocycles. The first-order chi connectivity index (χ1) is 11.1. The fraction of sp³-hybridized carbons (Fsp3) is 0.0667. The lowest BCUT2D eigenvalue weighted by Gasteiger charge is -2.02. The topological polar surface area (TPSA) is 104 Å². The largest absolute Gasteiger partial charge is 0.493 e. The van der Waals surface area contributed by atoms with Crippen LogP contribution in [0.3, 0.4) is 0 Å². The Hall–Kier alpha value is -3.00. The molecule has 1 aromatic heterocycles. The third-order valence-corrected chi connectivity index (χ3v) is 4.06. The molecule has 0 aliphatic carbocycles. The molecule has 1 aliphatic heterocycles. The Kier molecular flexibility index (Phi) is 3.90. The maximum atomic E-state index is 11.8. The summed E-state index contributed by atoms with van der Waals surface area (Å²) in [6.07, 6.45) is 3.09. The number of allylic oxidation sites excluding steroid dienone is 1. The normalized spacial score (nSPS) is 15.1. The molecule has 0 saturated carbocycles. The van der Waals surface area contributed by atoms with Gasteiger partial charge in [0.2, 0.25) is 5.88 Å². The number of carboxylic acids is 1. The smallest absolute Gasteiger partial charge is 0.323 e. The molecule has 23 heavy (non-hydrogen) atoms. The number of hydrogen-bond acceptors (Lipinski definition) is 6. The second-order valence-electron chi connectivity index (χ2n) is 4.69. The molecule has 0 amide bonds. The van der Waals surface area contributed by atoms with E-state index in [2.05, 4.69) is 10.2 Å². The van der Waals surface area contributed by atoms with Crippen LogP contribution in [0, 0.1) is 0 Å². The molecule has 0 unspecified atom stereocenters. The zero-order valence-electron chi connectivity index (χ0n) is 11.7. The third-order valence-electron chi connectivity index (χ3n) is 3.15. The zero-order chi connectivity index (χ0) is 16.4. The molecule has 0 atom stereocenters. The van der Waals surface area contributed by atoms with E-state index in [4.69, 9.17) is 5.11 Å². The third kappa shape index (κ3) is 2.97. The van der Waals surface area contributed by atoms with Crippen molar-refractivity contribution in [2.24, 2.45) is 10.2 Å². The maximum absolute atomic E-state index is 11.8. The van der Waals surface area contributed by atoms with Crippen LogP contribution < -0.4 is 4.87 Å². The number of benzene rings is 1. The highest BCUT2D eigenvalue weighted by Crippen LogP contribution is 2.25. The summed E-state index contributed by atoms with van der Waals surface area (Å²) in [7, 11) is 0. The summed E-state index contributed by atoms with van der Waals surface area (Å²) >= 11 is 0.768. The predicted octanol–water partition coefficient (Wildman–Crippen LogP) is 1.57. The van der Waals surface area contributed by atoms with Crippen molar-refractivity contribution < 1.29 is 15.0 Å². The molecule has 2 aromatic rings. The first kappa shape index (κ1) is 14.9. The molecule has 0 spiro atoms. The lowest BCUT2D eigenvalue weighted by molar-refractivity contribution is -0.137. The number of thiazole rings is 1. The maximum Gasteiger partial charge on any atom is 0.323 e. The van der Waals surface area contributed by atoms with Gasteiger partial charge in [-0.2, -0.15) is 5.10 Å². The van der Waals surface area contributed by atoms with Gasteiger partial charge in [0.05, 0.1) is 11.1 Å². The SMILES string of the molecule is O=C(O)Cn1c(O)c(C=C2C=NN=C2c2ccccc2)sc1=O. The van der Waals surface area contributed by atoms with Crippen LogP contribution in [-0.2, 0) is 11.3 Å². The van der Waals surface area contributed by atoms with Crippen LogP contribution in [0.25, 0.3) is 6.08 Å². The molecule has 0 bridgehead atoms. The molecule has 0 fully saturated rings. The van der Waals surface area contributed by atoms with Crippen molar-refractivity contribution in [2.45, 2.75) is 6.54 Å². The van der Waals surface area contributed by atoms with Crippen molar-refractivity contribution in [1.29, 1.82) is 0 Å². The number of carbonyl (C=O) groups is 1. The fourth-order valence-corrected chi connectivity index (χ4v) is 2.95. The Morgan fingerprint density at radius 2 is 2.04 bits per heavy atom. The minimum atomic E-state index is -1.20. The molecular weight excluding hydrogens is 318 g/mol. The fourth-order valence-electron chi connectivity index (χ4n) is 2.12. The summed E-state index contributed by atoms with van der Waals surface area (Å²) in [6.45, 7) is -0.585. The van der Waals surface area contributed by atoms with E-state index in [9.17, 15) is 14.7 Å². The van der Waals surface area contributed by atoms with Crippen molar-refractivity contribution in [3.05, 3.63) is 56.0 Å². The molecule has 3 rings (SSSR count). The van der Waals surface area contributed by atoms with E-state index in [1.54, 1.807) is 6.08 Å². The van der Waals surface area contributed by atoms with Gasteiger partial charge in [-0.1, -0.05) is 41.7 Å². The number of aromatic hydroxyl groups is 1. The van der Waals surface area contributed by atoms with Gasteiger partial charge in [-0.15, -0.1) is 5.10 Å². The van der Waals surface area contributed by atoms with Crippen molar-refractivity contribution >= 4 is 35.3 Å². The quantitative estimate of drug-likeness (QED) is 0.888. The van der Waals surface area contributed by atoms with Crippen molar-refractivity contribution in [2.75, 3.05) is 0 Å².